The molecule has 0 atom stereocenters. The molecule has 0 amide bonds. The molecule has 0 radical (unpaired) electrons. The zero-order valence-corrected chi connectivity index (χ0v) is 15.2. The van der Waals surface area contributed by atoms with Gasteiger partial charge in [-0.3, -0.25) is 0 Å². The predicted molar refractivity (Wildman–Crippen MR) is 107 cm³/mol. The Bertz CT molecular complexity index is 785. The summed E-state index contributed by atoms with van der Waals surface area (Å²) in [6.07, 6.45) is 0.907. The molecule has 0 bridgehead atoms. The van der Waals surface area contributed by atoms with Gasteiger partial charge in [-0.15, -0.1) is 0 Å². The molecule has 0 fully saturated rings. The fraction of sp³-hybridized carbons (Fsp3) is 0.217. The summed E-state index contributed by atoms with van der Waals surface area (Å²) in [6, 6.07) is 26.7. The molecule has 0 aliphatic carbocycles. The van der Waals surface area contributed by atoms with Crippen molar-refractivity contribution in [2.75, 3.05) is 18.5 Å². The minimum absolute atomic E-state index is 0.673. The molecule has 0 saturated heterocycles. The molecule has 26 heavy (non-hydrogen) atoms. The Morgan fingerprint density at radius 1 is 0.731 bits per heavy atom. The Hall–Kier alpha value is -2.94. The third-order valence-corrected chi connectivity index (χ3v) is 4.07. The summed E-state index contributed by atoms with van der Waals surface area (Å²) in [4.78, 5) is 0. The highest BCUT2D eigenvalue weighted by atomic mass is 16.5. The first-order chi connectivity index (χ1) is 12.8. The molecule has 0 aromatic heterocycles. The van der Waals surface area contributed by atoms with Crippen LogP contribution in [0.15, 0.2) is 78.9 Å². The van der Waals surface area contributed by atoms with E-state index in [1.165, 1.54) is 11.1 Å². The molecule has 3 aromatic carbocycles. The van der Waals surface area contributed by atoms with Gasteiger partial charge in [-0.1, -0.05) is 48.5 Å². The number of rotatable bonds is 9. The maximum atomic E-state index is 5.89. The SMILES string of the molecule is CCOc1ccc(CNc2cccc(OCCc3ccccc3)c2)cc1. The van der Waals surface area contributed by atoms with Crippen LogP contribution in [0.2, 0.25) is 0 Å². The lowest BCUT2D eigenvalue weighted by atomic mass is 10.2. The summed E-state index contributed by atoms with van der Waals surface area (Å²) in [7, 11) is 0. The number of ether oxygens (including phenoxy) is 2. The largest absolute Gasteiger partial charge is 0.494 e. The van der Waals surface area contributed by atoms with Crippen LogP contribution in [0.4, 0.5) is 5.69 Å². The highest BCUT2D eigenvalue weighted by molar-refractivity contribution is 5.48. The van der Waals surface area contributed by atoms with Crippen LogP contribution in [0.5, 0.6) is 11.5 Å². The Morgan fingerprint density at radius 3 is 2.31 bits per heavy atom. The molecule has 3 heteroatoms. The topological polar surface area (TPSA) is 30.5 Å². The van der Waals surface area contributed by atoms with E-state index < -0.39 is 0 Å². The highest BCUT2D eigenvalue weighted by Crippen LogP contribution is 2.19. The standard InChI is InChI=1S/C23H25NO2/c1-2-25-22-13-11-20(12-14-22)18-24-21-9-6-10-23(17-21)26-16-15-19-7-4-3-5-8-19/h3-14,17,24H,2,15-16,18H2,1H3. The minimum atomic E-state index is 0.673. The van der Waals surface area contributed by atoms with E-state index in [9.17, 15) is 0 Å². The first-order valence-electron chi connectivity index (χ1n) is 9.06. The van der Waals surface area contributed by atoms with Crippen LogP contribution in [-0.2, 0) is 13.0 Å². The van der Waals surface area contributed by atoms with Crippen LogP contribution in [-0.4, -0.2) is 13.2 Å². The molecule has 0 heterocycles. The first-order valence-corrected chi connectivity index (χ1v) is 9.06. The van der Waals surface area contributed by atoms with Gasteiger partial charge in [0.25, 0.3) is 0 Å². The van der Waals surface area contributed by atoms with Crippen molar-refractivity contribution in [1.82, 2.24) is 0 Å². The van der Waals surface area contributed by atoms with Crippen LogP contribution in [0.25, 0.3) is 0 Å². The summed E-state index contributed by atoms with van der Waals surface area (Å²) in [5, 5.41) is 3.44. The summed E-state index contributed by atoms with van der Waals surface area (Å²) in [6.45, 7) is 4.12. The minimum Gasteiger partial charge on any atom is -0.494 e. The Balaban J connectivity index is 1.49. The smallest absolute Gasteiger partial charge is 0.121 e. The molecular formula is C23H25NO2. The van der Waals surface area contributed by atoms with E-state index in [1.807, 2.05) is 43.3 Å². The monoisotopic (exact) mass is 347 g/mol. The molecule has 3 aromatic rings. The zero-order valence-electron chi connectivity index (χ0n) is 15.2. The van der Waals surface area contributed by atoms with Gasteiger partial charge >= 0.3 is 0 Å². The predicted octanol–water partition coefficient (Wildman–Crippen LogP) is 5.32. The molecule has 134 valence electrons. The maximum Gasteiger partial charge on any atom is 0.121 e. The van der Waals surface area contributed by atoms with Crippen molar-refractivity contribution in [2.24, 2.45) is 0 Å². The number of nitrogens with one attached hydrogen (secondary N) is 1. The van der Waals surface area contributed by atoms with Crippen molar-refractivity contribution in [3.05, 3.63) is 90.0 Å². The van der Waals surface area contributed by atoms with Crippen molar-refractivity contribution in [3.63, 3.8) is 0 Å². The fourth-order valence-electron chi connectivity index (χ4n) is 2.70. The summed E-state index contributed by atoms with van der Waals surface area (Å²) in [5.41, 5.74) is 3.55. The van der Waals surface area contributed by atoms with Crippen molar-refractivity contribution in [1.29, 1.82) is 0 Å². The van der Waals surface area contributed by atoms with Gasteiger partial charge in [-0.2, -0.15) is 0 Å². The molecule has 0 unspecified atom stereocenters. The zero-order chi connectivity index (χ0) is 18.0. The normalized spacial score (nSPS) is 10.3. The second-order valence-corrected chi connectivity index (χ2v) is 6.04. The van der Waals surface area contributed by atoms with E-state index in [2.05, 4.69) is 47.8 Å². The van der Waals surface area contributed by atoms with Gasteiger partial charge in [0.1, 0.15) is 11.5 Å². The molecule has 3 rings (SSSR count). The van der Waals surface area contributed by atoms with E-state index in [0.29, 0.717) is 13.2 Å². The molecule has 3 nitrogen and oxygen atoms in total. The lowest BCUT2D eigenvalue weighted by Crippen LogP contribution is -2.03. The van der Waals surface area contributed by atoms with Gasteiger partial charge in [-0.25, -0.2) is 0 Å². The van der Waals surface area contributed by atoms with Gasteiger partial charge in [0, 0.05) is 24.7 Å². The number of benzene rings is 3. The lowest BCUT2D eigenvalue weighted by Gasteiger charge is -2.11. The lowest BCUT2D eigenvalue weighted by molar-refractivity contribution is 0.322. The summed E-state index contributed by atoms with van der Waals surface area (Å²) in [5.74, 6) is 1.79. The second kappa shape index (κ2) is 9.52. The molecule has 1 N–H and O–H groups in total. The highest BCUT2D eigenvalue weighted by Gasteiger charge is 1.99. The third-order valence-electron chi connectivity index (χ3n) is 4.07. The van der Waals surface area contributed by atoms with Crippen LogP contribution in [0.3, 0.4) is 0 Å². The summed E-state index contributed by atoms with van der Waals surface area (Å²) < 4.78 is 11.4. The van der Waals surface area contributed by atoms with E-state index in [4.69, 9.17) is 9.47 Å². The number of hydrogen-bond acceptors (Lipinski definition) is 3. The van der Waals surface area contributed by atoms with Gasteiger partial charge in [-0.05, 0) is 42.3 Å². The van der Waals surface area contributed by atoms with Crippen LogP contribution >= 0.6 is 0 Å². The number of hydrogen-bond donors (Lipinski definition) is 1. The van der Waals surface area contributed by atoms with E-state index in [-0.39, 0.29) is 0 Å². The Morgan fingerprint density at radius 2 is 1.54 bits per heavy atom. The fourth-order valence-corrected chi connectivity index (χ4v) is 2.70. The van der Waals surface area contributed by atoms with Crippen molar-refractivity contribution in [3.8, 4) is 11.5 Å². The van der Waals surface area contributed by atoms with Gasteiger partial charge in [0.15, 0.2) is 0 Å². The molecule has 0 saturated carbocycles. The second-order valence-electron chi connectivity index (χ2n) is 6.04. The van der Waals surface area contributed by atoms with Gasteiger partial charge in [0.05, 0.1) is 13.2 Å². The Labute approximate surface area is 155 Å². The summed E-state index contributed by atoms with van der Waals surface area (Å²) >= 11 is 0. The maximum absolute atomic E-state index is 5.89. The molecular weight excluding hydrogens is 322 g/mol. The van der Waals surface area contributed by atoms with Crippen molar-refractivity contribution >= 4 is 5.69 Å². The molecule has 0 aliphatic rings. The van der Waals surface area contributed by atoms with Crippen LogP contribution in [0, 0.1) is 0 Å². The van der Waals surface area contributed by atoms with Crippen LogP contribution in [0.1, 0.15) is 18.1 Å². The first kappa shape index (κ1) is 17.9. The van der Waals surface area contributed by atoms with E-state index >= 15 is 0 Å². The average Bonchev–Trinajstić information content (AvgIpc) is 2.69. The third kappa shape index (κ3) is 5.55. The quantitative estimate of drug-likeness (QED) is 0.568. The Kier molecular flexibility index (Phi) is 6.54. The van der Waals surface area contributed by atoms with E-state index in [1.54, 1.807) is 0 Å². The van der Waals surface area contributed by atoms with Gasteiger partial charge < -0.3 is 14.8 Å². The average molecular weight is 347 g/mol. The molecule has 0 aliphatic heterocycles. The van der Waals surface area contributed by atoms with Crippen molar-refractivity contribution < 1.29 is 9.47 Å². The number of anilines is 1. The van der Waals surface area contributed by atoms with Crippen LogP contribution < -0.4 is 14.8 Å². The van der Waals surface area contributed by atoms with E-state index in [0.717, 1.165) is 30.2 Å². The van der Waals surface area contributed by atoms with Gasteiger partial charge in [0.2, 0.25) is 0 Å². The molecule has 0 spiro atoms. The van der Waals surface area contributed by atoms with Crippen molar-refractivity contribution in [2.45, 2.75) is 19.9 Å².